The van der Waals surface area contributed by atoms with Gasteiger partial charge in [0.2, 0.25) is 0 Å². The summed E-state index contributed by atoms with van der Waals surface area (Å²) in [6, 6.07) is 12.1. The summed E-state index contributed by atoms with van der Waals surface area (Å²) in [6.45, 7) is 0.675. The Morgan fingerprint density at radius 2 is 1.42 bits per heavy atom. The van der Waals surface area contributed by atoms with Crippen LogP contribution in [0.25, 0.3) is 0 Å². The smallest absolute Gasteiger partial charge is 0.394 e. The van der Waals surface area contributed by atoms with Gasteiger partial charge in [-0.2, -0.15) is 8.42 Å². The van der Waals surface area contributed by atoms with Gasteiger partial charge in [0.15, 0.2) is 0 Å². The van der Waals surface area contributed by atoms with Crippen LogP contribution in [-0.2, 0) is 23.5 Å². The number of ether oxygens (including phenoxy) is 1. The van der Waals surface area contributed by atoms with E-state index in [1.807, 2.05) is 12.1 Å². The van der Waals surface area contributed by atoms with Crippen molar-refractivity contribution in [2.24, 2.45) is 0 Å². The fourth-order valence-electron chi connectivity index (χ4n) is 2.59. The Labute approximate surface area is 190 Å². The van der Waals surface area contributed by atoms with E-state index in [0.29, 0.717) is 30.0 Å². The lowest BCUT2D eigenvalue weighted by Crippen LogP contribution is -2.26. The highest BCUT2D eigenvalue weighted by Crippen LogP contribution is 2.20. The number of rotatable bonds is 7. The molecule has 3 rings (SSSR count). The number of aromatic nitrogens is 2. The number of benzene rings is 1. The van der Waals surface area contributed by atoms with Gasteiger partial charge < -0.3 is 15.4 Å². The monoisotopic (exact) mass is 474 g/mol. The van der Waals surface area contributed by atoms with Crippen molar-refractivity contribution in [1.29, 1.82) is 0 Å². The SMILES string of the molecule is COc1ccc(C(=O)NCc2cccnc2)cc1C(=O)NCc1cccnc1.O=S(=O)(O)O. The molecule has 0 saturated heterocycles. The number of hydrogen-bond acceptors (Lipinski definition) is 7. The highest BCUT2D eigenvalue weighted by molar-refractivity contribution is 7.79. The van der Waals surface area contributed by atoms with Crippen LogP contribution in [0.15, 0.2) is 67.3 Å². The summed E-state index contributed by atoms with van der Waals surface area (Å²) in [5, 5.41) is 5.63. The fourth-order valence-corrected chi connectivity index (χ4v) is 2.59. The third-order valence-electron chi connectivity index (χ3n) is 4.06. The van der Waals surface area contributed by atoms with E-state index in [1.165, 1.54) is 13.2 Å². The third-order valence-corrected chi connectivity index (χ3v) is 4.06. The van der Waals surface area contributed by atoms with Crippen molar-refractivity contribution >= 4 is 22.2 Å². The van der Waals surface area contributed by atoms with Crippen LogP contribution in [0.4, 0.5) is 0 Å². The topological polar surface area (TPSA) is 168 Å². The van der Waals surface area contributed by atoms with E-state index in [-0.39, 0.29) is 11.8 Å². The molecule has 0 radical (unpaired) electrons. The summed E-state index contributed by atoms with van der Waals surface area (Å²) in [7, 11) is -3.19. The van der Waals surface area contributed by atoms with Gasteiger partial charge in [-0.1, -0.05) is 12.1 Å². The van der Waals surface area contributed by atoms with Gasteiger partial charge in [-0.25, -0.2) is 0 Å². The van der Waals surface area contributed by atoms with Gasteiger partial charge in [-0.15, -0.1) is 0 Å². The lowest BCUT2D eigenvalue weighted by molar-refractivity contribution is 0.0947. The first-order chi connectivity index (χ1) is 15.7. The minimum atomic E-state index is -4.67. The zero-order valence-electron chi connectivity index (χ0n) is 17.5. The van der Waals surface area contributed by atoms with Crippen LogP contribution in [0.3, 0.4) is 0 Å². The molecule has 0 aliphatic rings. The normalized spacial score (nSPS) is 10.4. The summed E-state index contributed by atoms with van der Waals surface area (Å²) in [6.07, 6.45) is 6.71. The van der Waals surface area contributed by atoms with Crippen LogP contribution in [0, 0.1) is 0 Å². The lowest BCUT2D eigenvalue weighted by atomic mass is 10.1. The van der Waals surface area contributed by atoms with E-state index in [1.54, 1.807) is 49.1 Å². The van der Waals surface area contributed by atoms with Crippen LogP contribution in [-0.4, -0.2) is 46.4 Å². The first-order valence-electron chi connectivity index (χ1n) is 9.39. The summed E-state index contributed by atoms with van der Waals surface area (Å²) in [5.41, 5.74) is 2.43. The van der Waals surface area contributed by atoms with Crippen LogP contribution in [0.2, 0.25) is 0 Å². The molecular formula is C21H22N4O7S. The number of carbonyl (C=O) groups excluding carboxylic acids is 2. The fraction of sp³-hybridized carbons (Fsp3) is 0.143. The molecular weight excluding hydrogens is 452 g/mol. The van der Waals surface area contributed by atoms with Crippen molar-refractivity contribution in [3.63, 3.8) is 0 Å². The van der Waals surface area contributed by atoms with Crippen LogP contribution < -0.4 is 15.4 Å². The molecule has 0 aliphatic carbocycles. The van der Waals surface area contributed by atoms with Crippen molar-refractivity contribution < 1.29 is 31.8 Å². The largest absolute Gasteiger partial charge is 0.496 e. The van der Waals surface area contributed by atoms with E-state index in [0.717, 1.165) is 11.1 Å². The molecule has 11 nitrogen and oxygen atoms in total. The van der Waals surface area contributed by atoms with Gasteiger partial charge in [0, 0.05) is 43.4 Å². The second-order valence-corrected chi connectivity index (χ2v) is 7.35. The van der Waals surface area contributed by atoms with Gasteiger partial charge in [0.1, 0.15) is 5.75 Å². The second-order valence-electron chi connectivity index (χ2n) is 6.45. The quantitative estimate of drug-likeness (QED) is 0.372. The molecule has 0 bridgehead atoms. The zero-order chi connectivity index (χ0) is 24.3. The van der Waals surface area contributed by atoms with Crippen molar-refractivity contribution in [1.82, 2.24) is 20.6 Å². The number of carbonyl (C=O) groups is 2. The van der Waals surface area contributed by atoms with Crippen molar-refractivity contribution in [3.8, 4) is 5.75 Å². The van der Waals surface area contributed by atoms with Crippen LogP contribution >= 0.6 is 0 Å². The van der Waals surface area contributed by atoms with E-state index in [9.17, 15) is 9.59 Å². The molecule has 4 N–H and O–H groups in total. The Balaban J connectivity index is 0.000000696. The van der Waals surface area contributed by atoms with E-state index in [2.05, 4.69) is 20.6 Å². The molecule has 0 fully saturated rings. The average molecular weight is 474 g/mol. The Kier molecular flexibility index (Phi) is 9.42. The first-order valence-corrected chi connectivity index (χ1v) is 10.8. The van der Waals surface area contributed by atoms with Crippen molar-refractivity contribution in [2.45, 2.75) is 13.1 Å². The summed E-state index contributed by atoms with van der Waals surface area (Å²) in [5.74, 6) is -0.220. The molecule has 1 aromatic carbocycles. The molecule has 2 aromatic heterocycles. The molecule has 0 spiro atoms. The molecule has 0 aliphatic heterocycles. The molecule has 2 amide bonds. The molecule has 12 heteroatoms. The Morgan fingerprint density at radius 3 is 1.88 bits per heavy atom. The van der Waals surface area contributed by atoms with E-state index < -0.39 is 10.4 Å². The number of hydrogen-bond donors (Lipinski definition) is 4. The number of nitrogens with one attached hydrogen (secondary N) is 2. The molecule has 0 saturated carbocycles. The maximum Gasteiger partial charge on any atom is 0.394 e. The summed E-state index contributed by atoms with van der Waals surface area (Å²) >= 11 is 0. The van der Waals surface area contributed by atoms with Crippen LogP contribution in [0.1, 0.15) is 31.8 Å². The third kappa shape index (κ3) is 9.43. The maximum atomic E-state index is 12.6. The molecule has 2 heterocycles. The van der Waals surface area contributed by atoms with E-state index in [4.69, 9.17) is 22.3 Å². The van der Waals surface area contributed by atoms with Crippen LogP contribution in [0.5, 0.6) is 5.75 Å². The van der Waals surface area contributed by atoms with Gasteiger partial charge in [0.25, 0.3) is 11.8 Å². The maximum absolute atomic E-state index is 12.6. The minimum absolute atomic E-state index is 0.284. The number of methoxy groups -OCH3 is 1. The number of pyridine rings is 2. The minimum Gasteiger partial charge on any atom is -0.496 e. The van der Waals surface area contributed by atoms with Gasteiger partial charge >= 0.3 is 10.4 Å². The lowest BCUT2D eigenvalue weighted by Gasteiger charge is -2.12. The number of nitrogens with zero attached hydrogens (tertiary/aromatic N) is 2. The number of amides is 2. The summed E-state index contributed by atoms with van der Waals surface area (Å²) in [4.78, 5) is 33.1. The predicted octanol–water partition coefficient (Wildman–Crippen LogP) is 1.69. The van der Waals surface area contributed by atoms with Crippen molar-refractivity contribution in [2.75, 3.05) is 7.11 Å². The Morgan fingerprint density at radius 1 is 0.909 bits per heavy atom. The molecule has 0 unspecified atom stereocenters. The zero-order valence-corrected chi connectivity index (χ0v) is 18.3. The van der Waals surface area contributed by atoms with E-state index >= 15 is 0 Å². The Bertz CT molecular complexity index is 1170. The Hall–Kier alpha value is -3.87. The highest BCUT2D eigenvalue weighted by atomic mass is 32.3. The first kappa shape index (κ1) is 25.4. The highest BCUT2D eigenvalue weighted by Gasteiger charge is 2.16. The average Bonchev–Trinajstić information content (AvgIpc) is 2.81. The summed E-state index contributed by atoms with van der Waals surface area (Å²) < 4.78 is 36.9. The van der Waals surface area contributed by atoms with Gasteiger partial charge in [-0.3, -0.25) is 28.7 Å². The molecule has 33 heavy (non-hydrogen) atoms. The second kappa shape index (κ2) is 12.2. The van der Waals surface area contributed by atoms with Crippen molar-refractivity contribution in [3.05, 3.63) is 89.5 Å². The predicted molar refractivity (Wildman–Crippen MR) is 118 cm³/mol. The molecule has 0 atom stereocenters. The van der Waals surface area contributed by atoms with Gasteiger partial charge in [0.05, 0.1) is 12.7 Å². The molecule has 3 aromatic rings. The molecule has 174 valence electrons. The standard InChI is InChI=1S/C21H20N4O3.H2O4S/c1-28-19-7-6-17(20(26)24-13-15-4-2-8-22-11-15)10-18(19)21(27)25-14-16-5-3-9-23-12-16;1-5(2,3)4/h2-12H,13-14H2,1H3,(H,24,26)(H,25,27);(H2,1,2,3,4). The van der Waals surface area contributed by atoms with Gasteiger partial charge in [-0.05, 0) is 41.5 Å².